The molecule has 0 aliphatic heterocycles. The van der Waals surface area contributed by atoms with Gasteiger partial charge in [-0.25, -0.2) is 14.4 Å². The van der Waals surface area contributed by atoms with Crippen LogP contribution in [0, 0.1) is 19.7 Å². The summed E-state index contributed by atoms with van der Waals surface area (Å²) in [4.78, 5) is 8.72. The summed E-state index contributed by atoms with van der Waals surface area (Å²) in [5.74, 6) is 0.0554. The van der Waals surface area contributed by atoms with Crippen molar-refractivity contribution in [2.24, 2.45) is 0 Å². The van der Waals surface area contributed by atoms with E-state index in [9.17, 15) is 17.6 Å². The van der Waals surface area contributed by atoms with E-state index in [0.717, 1.165) is 5.56 Å². The topological polar surface area (TPSA) is 73.1 Å². The molecule has 9 heteroatoms. The van der Waals surface area contributed by atoms with Crippen molar-refractivity contribution < 1.29 is 22.3 Å². The standard InChI is InChI=1S/C20H20F4N4O/c1-9-5-16-14(8-17(9)29-4)19(28-11(3)27-16)26-10(2)13-6-12(25)7-15(18(13)21)20(22,23)24/h5-8,10H,25H2,1-4H3,(H,26,27,28)/t10-/m1/s1. The Kier molecular flexibility index (Phi) is 5.25. The summed E-state index contributed by atoms with van der Waals surface area (Å²) in [5, 5.41) is 3.59. The van der Waals surface area contributed by atoms with Crippen molar-refractivity contribution in [2.45, 2.75) is 33.0 Å². The Bertz CT molecular complexity index is 1080. The van der Waals surface area contributed by atoms with Gasteiger partial charge in [-0.2, -0.15) is 13.2 Å². The number of ether oxygens (including phenoxy) is 1. The molecule has 0 aliphatic carbocycles. The molecule has 3 rings (SSSR count). The molecule has 3 aromatic rings. The minimum Gasteiger partial charge on any atom is -0.496 e. The van der Waals surface area contributed by atoms with E-state index in [1.807, 2.05) is 13.0 Å². The number of halogens is 4. The van der Waals surface area contributed by atoms with Crippen molar-refractivity contribution in [3.63, 3.8) is 0 Å². The first-order chi connectivity index (χ1) is 13.5. The van der Waals surface area contributed by atoms with Crippen molar-refractivity contribution in [1.29, 1.82) is 0 Å². The Morgan fingerprint density at radius 2 is 1.79 bits per heavy atom. The number of nitrogens with one attached hydrogen (secondary N) is 1. The lowest BCUT2D eigenvalue weighted by atomic mass is 10.0. The van der Waals surface area contributed by atoms with Gasteiger partial charge in [-0.05, 0) is 50.6 Å². The molecule has 0 saturated heterocycles. The lowest BCUT2D eigenvalue weighted by Gasteiger charge is -2.20. The zero-order valence-electron chi connectivity index (χ0n) is 16.3. The zero-order valence-corrected chi connectivity index (χ0v) is 16.3. The summed E-state index contributed by atoms with van der Waals surface area (Å²) in [7, 11) is 1.53. The molecule has 0 fully saturated rings. The van der Waals surface area contributed by atoms with Crippen molar-refractivity contribution in [1.82, 2.24) is 9.97 Å². The number of nitrogen functional groups attached to an aromatic ring is 1. The molecule has 0 aliphatic rings. The molecular weight excluding hydrogens is 388 g/mol. The van der Waals surface area contributed by atoms with Crippen molar-refractivity contribution in [3.05, 3.63) is 52.6 Å². The van der Waals surface area contributed by atoms with Crippen molar-refractivity contribution >= 4 is 22.4 Å². The Morgan fingerprint density at radius 1 is 1.10 bits per heavy atom. The third-order valence-electron chi connectivity index (χ3n) is 4.57. The Labute approximate surface area is 164 Å². The highest BCUT2D eigenvalue weighted by Crippen LogP contribution is 2.37. The normalized spacial score (nSPS) is 12.8. The minimum absolute atomic E-state index is 0.177. The molecule has 2 aromatic carbocycles. The number of rotatable bonds is 4. The van der Waals surface area contributed by atoms with Gasteiger partial charge in [-0.1, -0.05) is 0 Å². The molecule has 0 amide bonds. The number of nitrogens with two attached hydrogens (primary N) is 1. The van der Waals surface area contributed by atoms with E-state index in [1.54, 1.807) is 13.0 Å². The first kappa shape index (κ1) is 20.6. The van der Waals surface area contributed by atoms with Gasteiger partial charge in [0.15, 0.2) is 0 Å². The number of anilines is 2. The summed E-state index contributed by atoms with van der Waals surface area (Å²) in [5.41, 5.74) is 5.31. The fraction of sp³-hybridized carbons (Fsp3) is 0.300. The number of alkyl halides is 3. The third-order valence-corrected chi connectivity index (χ3v) is 4.57. The second-order valence-electron chi connectivity index (χ2n) is 6.79. The summed E-state index contributed by atoms with van der Waals surface area (Å²) >= 11 is 0. The highest BCUT2D eigenvalue weighted by Gasteiger charge is 2.36. The molecule has 29 heavy (non-hydrogen) atoms. The van der Waals surface area contributed by atoms with E-state index >= 15 is 0 Å². The van der Waals surface area contributed by atoms with Crippen molar-refractivity contribution in [2.75, 3.05) is 18.2 Å². The number of aryl methyl sites for hydroxylation is 2. The first-order valence-electron chi connectivity index (χ1n) is 8.77. The monoisotopic (exact) mass is 408 g/mol. The molecule has 0 unspecified atom stereocenters. The van der Waals surface area contributed by atoms with Gasteiger partial charge in [-0.3, -0.25) is 0 Å². The van der Waals surface area contributed by atoms with Crippen LogP contribution in [0.2, 0.25) is 0 Å². The molecular formula is C20H20F4N4O. The fourth-order valence-electron chi connectivity index (χ4n) is 3.18. The molecule has 0 spiro atoms. The molecule has 1 heterocycles. The number of benzene rings is 2. The van der Waals surface area contributed by atoms with Gasteiger partial charge >= 0.3 is 6.18 Å². The average molecular weight is 408 g/mol. The predicted molar refractivity (Wildman–Crippen MR) is 103 cm³/mol. The Hall–Kier alpha value is -3.10. The zero-order chi connectivity index (χ0) is 21.5. The third kappa shape index (κ3) is 4.03. The number of nitrogens with zero attached hydrogens (tertiary/aromatic N) is 2. The maximum Gasteiger partial charge on any atom is 0.419 e. The second kappa shape index (κ2) is 7.38. The van der Waals surface area contributed by atoms with Gasteiger partial charge in [-0.15, -0.1) is 0 Å². The summed E-state index contributed by atoms with van der Waals surface area (Å²) in [6.07, 6.45) is -4.85. The minimum atomic E-state index is -4.85. The van der Waals surface area contributed by atoms with E-state index in [4.69, 9.17) is 10.5 Å². The van der Waals surface area contributed by atoms with Gasteiger partial charge < -0.3 is 15.8 Å². The van der Waals surface area contributed by atoms with E-state index < -0.39 is 23.6 Å². The molecule has 0 bridgehead atoms. The second-order valence-corrected chi connectivity index (χ2v) is 6.79. The summed E-state index contributed by atoms with van der Waals surface area (Å²) < 4.78 is 59.3. The fourth-order valence-corrected chi connectivity index (χ4v) is 3.18. The van der Waals surface area contributed by atoms with E-state index in [-0.39, 0.29) is 11.3 Å². The molecule has 154 valence electrons. The number of aromatic nitrogens is 2. The molecule has 5 nitrogen and oxygen atoms in total. The van der Waals surface area contributed by atoms with Crippen LogP contribution < -0.4 is 15.8 Å². The van der Waals surface area contributed by atoms with Gasteiger partial charge in [0.05, 0.1) is 24.2 Å². The highest BCUT2D eigenvalue weighted by molar-refractivity contribution is 5.91. The summed E-state index contributed by atoms with van der Waals surface area (Å²) in [6.45, 7) is 5.09. The molecule has 0 radical (unpaired) electrons. The highest BCUT2D eigenvalue weighted by atomic mass is 19.4. The predicted octanol–water partition coefficient (Wildman–Crippen LogP) is 5.17. The van der Waals surface area contributed by atoms with Crippen LogP contribution in [0.25, 0.3) is 10.9 Å². The molecule has 1 aromatic heterocycles. The van der Waals surface area contributed by atoms with Crippen LogP contribution in [0.3, 0.4) is 0 Å². The van der Waals surface area contributed by atoms with Gasteiger partial charge in [0.2, 0.25) is 0 Å². The average Bonchev–Trinajstić information content (AvgIpc) is 2.61. The van der Waals surface area contributed by atoms with Crippen LogP contribution in [0.1, 0.15) is 35.5 Å². The Balaban J connectivity index is 2.09. The first-order valence-corrected chi connectivity index (χ1v) is 8.77. The number of hydrogen-bond acceptors (Lipinski definition) is 5. The van der Waals surface area contributed by atoms with Crippen LogP contribution in [0.5, 0.6) is 5.75 Å². The van der Waals surface area contributed by atoms with E-state index in [2.05, 4.69) is 15.3 Å². The maximum absolute atomic E-state index is 14.6. The largest absolute Gasteiger partial charge is 0.496 e. The number of hydrogen-bond donors (Lipinski definition) is 2. The maximum atomic E-state index is 14.6. The summed E-state index contributed by atoms with van der Waals surface area (Å²) in [6, 6.07) is 4.48. The number of fused-ring (bicyclic) bond motifs is 1. The smallest absolute Gasteiger partial charge is 0.419 e. The quantitative estimate of drug-likeness (QED) is 0.460. The van der Waals surface area contributed by atoms with Gasteiger partial charge in [0.1, 0.15) is 23.2 Å². The lowest BCUT2D eigenvalue weighted by molar-refractivity contribution is -0.140. The van der Waals surface area contributed by atoms with Crippen LogP contribution in [0.15, 0.2) is 24.3 Å². The Morgan fingerprint density at radius 3 is 2.41 bits per heavy atom. The van der Waals surface area contributed by atoms with E-state index in [1.165, 1.54) is 20.1 Å². The van der Waals surface area contributed by atoms with Gasteiger partial charge in [0.25, 0.3) is 0 Å². The molecule has 0 saturated carbocycles. The van der Waals surface area contributed by atoms with E-state index in [0.29, 0.717) is 34.4 Å². The van der Waals surface area contributed by atoms with Crippen LogP contribution in [-0.2, 0) is 6.18 Å². The van der Waals surface area contributed by atoms with Crippen LogP contribution >= 0.6 is 0 Å². The SMILES string of the molecule is COc1cc2c(N[C@H](C)c3cc(N)cc(C(F)(F)F)c3F)nc(C)nc2cc1C. The van der Waals surface area contributed by atoms with Crippen molar-refractivity contribution in [3.8, 4) is 5.75 Å². The van der Waals surface area contributed by atoms with Crippen LogP contribution in [0.4, 0.5) is 29.1 Å². The van der Waals surface area contributed by atoms with Crippen LogP contribution in [-0.4, -0.2) is 17.1 Å². The van der Waals surface area contributed by atoms with Gasteiger partial charge in [0, 0.05) is 16.6 Å². The lowest BCUT2D eigenvalue weighted by Crippen LogP contribution is -2.16. The number of methoxy groups -OCH3 is 1. The molecule has 3 N–H and O–H groups in total. The molecule has 1 atom stereocenters.